The van der Waals surface area contributed by atoms with Gasteiger partial charge in [0.05, 0.1) is 6.54 Å². The highest BCUT2D eigenvalue weighted by molar-refractivity contribution is 5.86. The van der Waals surface area contributed by atoms with Crippen molar-refractivity contribution in [1.29, 1.82) is 0 Å². The Hall–Kier alpha value is -1.30. The second-order valence-electron chi connectivity index (χ2n) is 1.38. The lowest BCUT2D eigenvalue weighted by Crippen LogP contribution is -2.23. The lowest BCUT2D eigenvalue weighted by Gasteiger charge is -1.91. The summed E-state index contributed by atoms with van der Waals surface area (Å²) in [4.78, 5) is 13.4. The molecule has 0 saturated heterocycles. The van der Waals surface area contributed by atoms with Crippen molar-refractivity contribution < 1.29 is 4.79 Å². The minimum absolute atomic E-state index is 0.223. The molecule has 0 unspecified atom stereocenters. The SMILES string of the molecule is [C-]#[N+]CCNC(=O)C=C. The summed E-state index contributed by atoms with van der Waals surface area (Å²) in [7, 11) is 0. The first-order chi connectivity index (χ1) is 4.31. The van der Waals surface area contributed by atoms with Gasteiger partial charge in [-0.1, -0.05) is 6.58 Å². The molecule has 0 aliphatic carbocycles. The van der Waals surface area contributed by atoms with Crippen molar-refractivity contribution in [2.24, 2.45) is 0 Å². The van der Waals surface area contributed by atoms with Crippen LogP contribution in [0.3, 0.4) is 0 Å². The van der Waals surface area contributed by atoms with Crippen molar-refractivity contribution in [3.05, 3.63) is 24.1 Å². The van der Waals surface area contributed by atoms with Gasteiger partial charge >= 0.3 is 0 Å². The highest BCUT2D eigenvalue weighted by atomic mass is 16.1. The third-order valence-electron chi connectivity index (χ3n) is 0.708. The molecule has 0 aliphatic heterocycles. The normalized spacial score (nSPS) is 7.44. The number of carbonyl (C=O) groups excluding carboxylic acids is 1. The summed E-state index contributed by atoms with van der Waals surface area (Å²) in [5.41, 5.74) is 0. The number of hydrogen-bond acceptors (Lipinski definition) is 1. The van der Waals surface area contributed by atoms with E-state index < -0.39 is 0 Å². The molecule has 0 atom stereocenters. The Balaban J connectivity index is 3.19. The number of hydrogen-bond donors (Lipinski definition) is 1. The van der Waals surface area contributed by atoms with Gasteiger partial charge in [-0.3, -0.25) is 4.79 Å². The molecule has 0 radical (unpaired) electrons. The van der Waals surface area contributed by atoms with E-state index in [1.54, 1.807) is 0 Å². The number of carbonyl (C=O) groups is 1. The third-order valence-corrected chi connectivity index (χ3v) is 0.708. The standard InChI is InChI=1S/C6H8N2O/c1-3-6(9)8-5-4-7-2/h3H,1,4-5H2,(H,8,9). The Morgan fingerprint density at radius 2 is 2.56 bits per heavy atom. The molecule has 0 rings (SSSR count). The fourth-order valence-electron chi connectivity index (χ4n) is 0.307. The van der Waals surface area contributed by atoms with Crippen molar-refractivity contribution in [2.75, 3.05) is 13.1 Å². The van der Waals surface area contributed by atoms with E-state index in [2.05, 4.69) is 16.7 Å². The van der Waals surface area contributed by atoms with Gasteiger partial charge in [-0.2, -0.15) is 0 Å². The van der Waals surface area contributed by atoms with Crippen molar-refractivity contribution in [2.45, 2.75) is 0 Å². The summed E-state index contributed by atoms with van der Waals surface area (Å²) in [6.45, 7) is 10.3. The van der Waals surface area contributed by atoms with E-state index >= 15 is 0 Å². The second kappa shape index (κ2) is 4.85. The lowest BCUT2D eigenvalue weighted by molar-refractivity contribution is -0.116. The van der Waals surface area contributed by atoms with Crippen LogP contribution in [0.1, 0.15) is 0 Å². The minimum Gasteiger partial charge on any atom is -0.345 e. The lowest BCUT2D eigenvalue weighted by atomic mass is 10.5. The van der Waals surface area contributed by atoms with Gasteiger partial charge in [0.1, 0.15) is 0 Å². The monoisotopic (exact) mass is 124 g/mol. The van der Waals surface area contributed by atoms with E-state index in [9.17, 15) is 4.79 Å². The maximum Gasteiger partial charge on any atom is 0.243 e. The number of nitrogens with one attached hydrogen (secondary N) is 1. The molecule has 3 nitrogen and oxygen atoms in total. The zero-order valence-corrected chi connectivity index (χ0v) is 5.05. The molecule has 0 bridgehead atoms. The molecule has 0 aliphatic rings. The van der Waals surface area contributed by atoms with Crippen molar-refractivity contribution in [1.82, 2.24) is 5.32 Å². The Kier molecular flexibility index (Phi) is 4.15. The smallest absolute Gasteiger partial charge is 0.243 e. The summed E-state index contributed by atoms with van der Waals surface area (Å²) in [5.74, 6) is -0.223. The molecule has 0 heterocycles. The quantitative estimate of drug-likeness (QED) is 0.325. The Morgan fingerprint density at radius 3 is 3.00 bits per heavy atom. The van der Waals surface area contributed by atoms with Crippen molar-refractivity contribution in [3.8, 4) is 0 Å². The predicted molar refractivity (Wildman–Crippen MR) is 34.7 cm³/mol. The first-order valence-electron chi connectivity index (χ1n) is 2.54. The van der Waals surface area contributed by atoms with E-state index in [4.69, 9.17) is 6.57 Å². The van der Waals surface area contributed by atoms with E-state index in [1.165, 1.54) is 6.08 Å². The molecule has 0 aromatic carbocycles. The van der Waals surface area contributed by atoms with Gasteiger partial charge in [0.2, 0.25) is 12.5 Å². The Morgan fingerprint density at radius 1 is 1.89 bits per heavy atom. The zero-order valence-electron chi connectivity index (χ0n) is 5.05. The maximum absolute atomic E-state index is 10.4. The van der Waals surface area contributed by atoms with E-state index in [0.717, 1.165) is 0 Å². The maximum atomic E-state index is 10.4. The molecule has 0 spiro atoms. The molecule has 1 N–H and O–H groups in total. The van der Waals surface area contributed by atoms with Gasteiger partial charge in [-0.25, -0.2) is 6.57 Å². The molecule has 3 heteroatoms. The van der Waals surface area contributed by atoms with E-state index in [1.807, 2.05) is 0 Å². The van der Waals surface area contributed by atoms with Gasteiger partial charge in [-0.15, -0.1) is 0 Å². The summed E-state index contributed by atoms with van der Waals surface area (Å²) in [6, 6.07) is 0. The Labute approximate surface area is 54.2 Å². The largest absolute Gasteiger partial charge is 0.345 e. The molecule has 0 saturated carbocycles. The first kappa shape index (κ1) is 7.70. The average Bonchev–Trinajstić information content (AvgIpc) is 1.89. The van der Waals surface area contributed by atoms with Crippen LogP contribution in [-0.2, 0) is 4.79 Å². The summed E-state index contributed by atoms with van der Waals surface area (Å²) >= 11 is 0. The molecular weight excluding hydrogens is 116 g/mol. The van der Waals surface area contributed by atoms with Gasteiger partial charge in [0.15, 0.2) is 0 Å². The van der Waals surface area contributed by atoms with Gasteiger partial charge in [0, 0.05) is 0 Å². The van der Waals surface area contributed by atoms with Crippen LogP contribution in [0.5, 0.6) is 0 Å². The fourth-order valence-corrected chi connectivity index (χ4v) is 0.307. The molecule has 0 aromatic heterocycles. The number of rotatable bonds is 3. The van der Waals surface area contributed by atoms with E-state index in [0.29, 0.717) is 13.1 Å². The number of amides is 1. The molecular formula is C6H8N2O. The summed E-state index contributed by atoms with van der Waals surface area (Å²) in [6.07, 6.45) is 1.18. The average molecular weight is 124 g/mol. The van der Waals surface area contributed by atoms with Crippen LogP contribution in [0.25, 0.3) is 4.85 Å². The third kappa shape index (κ3) is 4.56. The molecule has 48 valence electrons. The molecule has 0 aromatic rings. The highest BCUT2D eigenvalue weighted by Crippen LogP contribution is 1.67. The van der Waals surface area contributed by atoms with Crippen LogP contribution in [0.15, 0.2) is 12.7 Å². The van der Waals surface area contributed by atoms with Crippen LogP contribution in [0.4, 0.5) is 0 Å². The molecule has 1 amide bonds. The predicted octanol–water partition coefficient (Wildman–Crippen LogP) is 0.208. The fraction of sp³-hybridized carbons (Fsp3) is 0.333. The van der Waals surface area contributed by atoms with Crippen LogP contribution in [-0.4, -0.2) is 19.0 Å². The van der Waals surface area contributed by atoms with Gasteiger partial charge < -0.3 is 10.2 Å². The number of nitrogens with zero attached hydrogens (tertiary/aromatic N) is 1. The van der Waals surface area contributed by atoms with Crippen LogP contribution >= 0.6 is 0 Å². The highest BCUT2D eigenvalue weighted by Gasteiger charge is 1.91. The van der Waals surface area contributed by atoms with Gasteiger partial charge in [-0.05, 0) is 6.08 Å². The second-order valence-corrected chi connectivity index (χ2v) is 1.38. The van der Waals surface area contributed by atoms with Crippen LogP contribution in [0, 0.1) is 6.57 Å². The topological polar surface area (TPSA) is 33.5 Å². The van der Waals surface area contributed by atoms with Crippen LogP contribution in [0.2, 0.25) is 0 Å². The van der Waals surface area contributed by atoms with Crippen LogP contribution < -0.4 is 5.32 Å². The Bertz CT molecular complexity index is 146. The van der Waals surface area contributed by atoms with Crippen molar-refractivity contribution in [3.63, 3.8) is 0 Å². The molecule has 0 fully saturated rings. The first-order valence-corrected chi connectivity index (χ1v) is 2.54. The summed E-state index contributed by atoms with van der Waals surface area (Å²) in [5, 5.41) is 2.46. The zero-order chi connectivity index (χ0) is 7.11. The van der Waals surface area contributed by atoms with Crippen molar-refractivity contribution >= 4 is 5.91 Å². The summed E-state index contributed by atoms with van der Waals surface area (Å²) < 4.78 is 0. The van der Waals surface area contributed by atoms with Gasteiger partial charge in [0.25, 0.3) is 0 Å². The van der Waals surface area contributed by atoms with E-state index in [-0.39, 0.29) is 5.91 Å². The molecule has 9 heavy (non-hydrogen) atoms. The minimum atomic E-state index is -0.223.